The maximum Gasteiger partial charge on any atom is 0.195 e. The Morgan fingerprint density at radius 2 is 1.03 bits per heavy atom. The van der Waals surface area contributed by atoms with Gasteiger partial charge in [0.05, 0.1) is 32.6 Å². The summed E-state index contributed by atoms with van der Waals surface area (Å²) in [6.07, 6.45) is 0. The first-order chi connectivity index (χ1) is 29.8. The first-order valence-corrected chi connectivity index (χ1v) is 25.7. The molecule has 3 heterocycles. The van der Waals surface area contributed by atoms with Crippen molar-refractivity contribution < 1.29 is 0 Å². The molecule has 306 valence electrons. The number of nitrogens with zero attached hydrogens (tertiary/aromatic N) is 4. The number of rotatable bonds is 5. The molecule has 0 bridgehead atoms. The zero-order valence-electron chi connectivity index (χ0n) is 36.9. The highest BCUT2D eigenvalue weighted by molar-refractivity contribution is 7.20. The van der Waals surface area contributed by atoms with E-state index in [0.29, 0.717) is 6.67 Å². The molecule has 0 saturated carbocycles. The van der Waals surface area contributed by atoms with Gasteiger partial charge in [-0.15, -0.1) is 0 Å². The molecule has 11 rings (SSSR count). The summed E-state index contributed by atoms with van der Waals surface area (Å²) in [6.45, 7) is 19.7. The summed E-state index contributed by atoms with van der Waals surface area (Å²) in [5.74, 6) is 0. The van der Waals surface area contributed by atoms with E-state index in [0.717, 1.165) is 10.6 Å². The summed E-state index contributed by atoms with van der Waals surface area (Å²) >= 11 is 1.76. The molecule has 1 aliphatic rings. The lowest BCUT2D eigenvalue weighted by Crippen LogP contribution is -2.53. The van der Waals surface area contributed by atoms with Crippen molar-refractivity contribution in [2.45, 2.75) is 65.5 Å². The highest BCUT2D eigenvalue weighted by atomic mass is 32.1. The minimum atomic E-state index is -2.26. The molecule has 0 atom stereocenters. The Balaban J connectivity index is 1.08. The van der Waals surface area contributed by atoms with Crippen LogP contribution in [0.1, 0.15) is 52.7 Å². The van der Waals surface area contributed by atoms with Crippen LogP contribution >= 0.6 is 11.3 Å². The fourth-order valence-electron chi connectivity index (χ4n) is 9.74. The normalized spacial score (nSPS) is 13.7. The van der Waals surface area contributed by atoms with Crippen LogP contribution in [-0.2, 0) is 10.8 Å². The van der Waals surface area contributed by atoms with Crippen molar-refractivity contribution in [1.82, 2.24) is 9.55 Å². The van der Waals surface area contributed by atoms with Crippen LogP contribution in [-0.4, -0.2) is 24.3 Å². The lowest BCUT2D eigenvalue weighted by atomic mass is 9.80. The number of benzene rings is 8. The molecular formula is C56H52N4SSi. The maximum absolute atomic E-state index is 5.16. The summed E-state index contributed by atoms with van der Waals surface area (Å²) in [5, 5.41) is 11.5. The Morgan fingerprint density at radius 1 is 0.484 bits per heavy atom. The van der Waals surface area contributed by atoms with Gasteiger partial charge in [-0.25, -0.2) is 4.98 Å². The third-order valence-corrected chi connectivity index (χ3v) is 17.9. The first kappa shape index (κ1) is 38.7. The smallest absolute Gasteiger partial charge is 0.195 e. The first-order valence-electron chi connectivity index (χ1n) is 21.9. The number of anilines is 4. The molecule has 6 heteroatoms. The lowest BCUT2D eigenvalue weighted by Gasteiger charge is -2.30. The van der Waals surface area contributed by atoms with Crippen LogP contribution in [0.2, 0.25) is 13.1 Å². The second kappa shape index (κ2) is 13.9. The molecule has 10 aromatic rings. The Kier molecular flexibility index (Phi) is 8.67. The summed E-state index contributed by atoms with van der Waals surface area (Å²) in [4.78, 5) is 10.4. The summed E-state index contributed by atoms with van der Waals surface area (Å²) in [5.41, 5.74) is 11.2. The van der Waals surface area contributed by atoms with E-state index in [2.05, 4.69) is 227 Å². The van der Waals surface area contributed by atoms with Gasteiger partial charge >= 0.3 is 0 Å². The highest BCUT2D eigenvalue weighted by Crippen LogP contribution is 2.53. The summed E-state index contributed by atoms with van der Waals surface area (Å²) < 4.78 is 3.60. The molecule has 0 radical (unpaired) electrons. The third kappa shape index (κ3) is 6.10. The molecule has 0 unspecified atom stereocenters. The van der Waals surface area contributed by atoms with Crippen LogP contribution in [0.15, 0.2) is 158 Å². The quantitative estimate of drug-likeness (QED) is 0.127. The largest absolute Gasteiger partial charge is 0.320 e. The summed E-state index contributed by atoms with van der Waals surface area (Å²) in [7, 11) is -2.26. The molecule has 0 amide bonds. The van der Waals surface area contributed by atoms with Crippen LogP contribution in [0.3, 0.4) is 0 Å². The zero-order valence-corrected chi connectivity index (χ0v) is 38.7. The number of aromatic nitrogens is 2. The van der Waals surface area contributed by atoms with Crippen molar-refractivity contribution in [1.29, 1.82) is 0 Å². The van der Waals surface area contributed by atoms with Gasteiger partial charge in [0.2, 0.25) is 0 Å². The molecule has 0 fully saturated rings. The van der Waals surface area contributed by atoms with E-state index in [1.165, 1.54) is 92.3 Å². The fraction of sp³-hybridized carbons (Fsp3) is 0.196. The van der Waals surface area contributed by atoms with E-state index >= 15 is 0 Å². The number of fused-ring (bicyclic) bond motifs is 10. The Hall–Kier alpha value is -6.21. The Labute approximate surface area is 369 Å². The summed E-state index contributed by atoms with van der Waals surface area (Å²) in [6, 6.07) is 59.3. The number of hydrogen-bond donors (Lipinski definition) is 0. The van der Waals surface area contributed by atoms with Gasteiger partial charge in [-0.05, 0) is 81.3 Å². The van der Waals surface area contributed by atoms with Crippen molar-refractivity contribution in [3.05, 3.63) is 169 Å². The highest BCUT2D eigenvalue weighted by Gasteiger charge is 2.35. The van der Waals surface area contributed by atoms with Gasteiger partial charge < -0.3 is 9.80 Å². The van der Waals surface area contributed by atoms with E-state index in [1.54, 1.807) is 11.3 Å². The molecule has 8 aromatic carbocycles. The van der Waals surface area contributed by atoms with Crippen LogP contribution in [0.25, 0.3) is 58.7 Å². The van der Waals surface area contributed by atoms with E-state index in [4.69, 9.17) is 4.98 Å². The van der Waals surface area contributed by atoms with Gasteiger partial charge in [0.25, 0.3) is 0 Å². The predicted molar refractivity (Wildman–Crippen MR) is 272 cm³/mol. The molecule has 62 heavy (non-hydrogen) atoms. The molecule has 0 saturated heterocycles. The second-order valence-electron chi connectivity index (χ2n) is 19.8. The monoisotopic (exact) mass is 840 g/mol. The molecule has 1 aliphatic heterocycles. The number of para-hydroxylation sites is 2. The van der Waals surface area contributed by atoms with Crippen LogP contribution < -0.4 is 20.2 Å². The SMILES string of the molecule is CC(C)(C)c1cc(N2CN(c3cccc([Si](C)(C)c4ccc5c6ccccc6n(-c6nc7ccccc7s6)c5c4)c3)c3c2c2ccccc2c2ccccc32)cc(C(C)(C)C)c1. The third-order valence-electron chi connectivity index (χ3n) is 13.4. The van der Waals surface area contributed by atoms with E-state index < -0.39 is 8.07 Å². The average molecular weight is 841 g/mol. The molecule has 0 aliphatic carbocycles. The zero-order chi connectivity index (χ0) is 42.7. The van der Waals surface area contributed by atoms with Crippen LogP contribution in [0.5, 0.6) is 0 Å². The average Bonchev–Trinajstić information content (AvgIpc) is 3.98. The Bertz CT molecular complexity index is 3350. The molecule has 4 nitrogen and oxygen atoms in total. The molecular weight excluding hydrogens is 789 g/mol. The van der Waals surface area contributed by atoms with Crippen molar-refractivity contribution >= 4 is 106 Å². The van der Waals surface area contributed by atoms with Gasteiger partial charge in [0.15, 0.2) is 5.13 Å². The van der Waals surface area contributed by atoms with Gasteiger partial charge in [-0.3, -0.25) is 4.57 Å². The van der Waals surface area contributed by atoms with Crippen LogP contribution in [0, 0.1) is 0 Å². The predicted octanol–water partition coefficient (Wildman–Crippen LogP) is 14.4. The van der Waals surface area contributed by atoms with E-state index in [1.807, 2.05) is 0 Å². The van der Waals surface area contributed by atoms with Crippen molar-refractivity contribution in [2.24, 2.45) is 0 Å². The standard InChI is InChI=1S/C56H52N4SSi/c1-55(2,3)36-30-37(56(4,5)6)32-39(31-36)59-35-58(52-46-23-11-9-20-42(46)43-21-10-12-24-47(43)53(52)59)38-18-17-19-40(33-38)62(7,8)41-28-29-45-44-22-13-15-26-49(44)60(50(45)34-41)54-57-48-25-14-16-27-51(48)61-54/h9-34H,35H2,1-8H3. The van der Waals surface area contributed by atoms with E-state index in [9.17, 15) is 0 Å². The molecule has 2 aromatic heterocycles. The lowest BCUT2D eigenvalue weighted by molar-refractivity contribution is 0.568. The fourth-order valence-corrected chi connectivity index (χ4v) is 13.1. The number of hydrogen-bond acceptors (Lipinski definition) is 4. The van der Waals surface area contributed by atoms with Gasteiger partial charge in [-0.2, -0.15) is 0 Å². The van der Waals surface area contributed by atoms with E-state index in [-0.39, 0.29) is 10.8 Å². The van der Waals surface area contributed by atoms with Gasteiger partial charge in [0.1, 0.15) is 14.7 Å². The van der Waals surface area contributed by atoms with Crippen molar-refractivity contribution in [3.63, 3.8) is 0 Å². The van der Waals surface area contributed by atoms with Gasteiger partial charge in [0, 0.05) is 32.9 Å². The molecule has 0 N–H and O–H groups in total. The van der Waals surface area contributed by atoms with Gasteiger partial charge in [-0.1, -0.05) is 186 Å². The van der Waals surface area contributed by atoms with Crippen molar-refractivity contribution in [3.8, 4) is 5.13 Å². The van der Waals surface area contributed by atoms with Crippen molar-refractivity contribution in [2.75, 3.05) is 16.5 Å². The maximum atomic E-state index is 5.16. The minimum absolute atomic E-state index is 0.0000124. The number of thiazole rings is 1. The second-order valence-corrected chi connectivity index (χ2v) is 25.2. The minimum Gasteiger partial charge on any atom is -0.320 e. The topological polar surface area (TPSA) is 24.3 Å². The Morgan fingerprint density at radius 3 is 1.68 bits per heavy atom. The molecule has 0 spiro atoms. The van der Waals surface area contributed by atoms with Crippen LogP contribution in [0.4, 0.5) is 22.7 Å².